The van der Waals surface area contributed by atoms with Crippen molar-refractivity contribution in [3.63, 3.8) is 0 Å². The highest BCUT2D eigenvalue weighted by Crippen LogP contribution is 2.27. The quantitative estimate of drug-likeness (QED) is 0.614. The minimum absolute atomic E-state index is 0.110. The summed E-state index contributed by atoms with van der Waals surface area (Å²) in [5, 5.41) is 2.65. The lowest BCUT2D eigenvalue weighted by atomic mass is 10.1. The molecule has 2 rings (SSSR count). The van der Waals surface area contributed by atoms with E-state index in [1.54, 1.807) is 18.2 Å². The summed E-state index contributed by atoms with van der Waals surface area (Å²) in [7, 11) is -0.0976. The molecule has 1 N–H and O–H groups in total. The van der Waals surface area contributed by atoms with Gasteiger partial charge in [0, 0.05) is 12.8 Å². The van der Waals surface area contributed by atoms with Crippen LogP contribution in [0.2, 0.25) is 0 Å². The molecule has 9 heteroatoms. The molecule has 0 saturated carbocycles. The number of carbonyl (C=O) groups is 2. The molecule has 0 bridgehead atoms. The first kappa shape index (κ1) is 22.2. The van der Waals surface area contributed by atoms with Crippen molar-refractivity contribution in [2.24, 2.45) is 0 Å². The van der Waals surface area contributed by atoms with E-state index in [4.69, 9.17) is 14.2 Å². The first-order valence-electron chi connectivity index (χ1n) is 8.63. The monoisotopic (exact) mass is 421 g/mol. The predicted molar refractivity (Wildman–Crippen MR) is 107 cm³/mol. The number of hydrogen-bond acceptors (Lipinski definition) is 7. The topological polar surface area (TPSA) is 108 Å². The molecule has 8 nitrogen and oxygen atoms in total. The van der Waals surface area contributed by atoms with Gasteiger partial charge in [-0.1, -0.05) is 18.2 Å². The number of ether oxygens (including phenoxy) is 3. The van der Waals surface area contributed by atoms with Gasteiger partial charge in [0.15, 0.2) is 27.9 Å². The molecule has 0 spiro atoms. The number of hydrogen-bond donors (Lipinski definition) is 1. The van der Waals surface area contributed by atoms with Gasteiger partial charge in [0.05, 0.1) is 25.5 Å². The summed E-state index contributed by atoms with van der Waals surface area (Å²) in [6, 6.07) is 11.3. The summed E-state index contributed by atoms with van der Waals surface area (Å²) in [5.74, 6) is -0.107. The molecule has 29 heavy (non-hydrogen) atoms. The van der Waals surface area contributed by atoms with Crippen molar-refractivity contribution in [3.8, 4) is 11.5 Å². The Morgan fingerprint density at radius 3 is 2.14 bits per heavy atom. The zero-order valence-electron chi connectivity index (χ0n) is 16.4. The third-order valence-corrected chi connectivity index (χ3v) is 4.75. The summed E-state index contributed by atoms with van der Waals surface area (Å²) in [4.78, 5) is 24.0. The van der Waals surface area contributed by atoms with E-state index in [0.29, 0.717) is 17.1 Å². The fourth-order valence-corrected chi connectivity index (χ4v) is 3.29. The van der Waals surface area contributed by atoms with Crippen molar-refractivity contribution in [1.29, 1.82) is 0 Å². The first-order valence-corrected chi connectivity index (χ1v) is 10.7. The molecular weight excluding hydrogens is 398 g/mol. The largest absolute Gasteiger partial charge is 0.493 e. The summed E-state index contributed by atoms with van der Waals surface area (Å²) in [6.07, 6.45) is 1.13. The van der Waals surface area contributed by atoms with Crippen LogP contribution in [-0.2, 0) is 31.7 Å². The Bertz CT molecular complexity index is 969. The Balaban J connectivity index is 1.83. The Morgan fingerprint density at radius 1 is 0.931 bits per heavy atom. The van der Waals surface area contributed by atoms with Crippen molar-refractivity contribution in [2.45, 2.75) is 12.3 Å². The van der Waals surface area contributed by atoms with Gasteiger partial charge in [0.1, 0.15) is 0 Å². The van der Waals surface area contributed by atoms with Gasteiger partial charge >= 0.3 is 5.97 Å². The molecule has 0 atom stereocenters. The maximum absolute atomic E-state index is 12.0. The number of sulfone groups is 1. The Labute approximate surface area is 169 Å². The standard InChI is InChI=1S/C20H23NO7S/c1-26-17-9-6-15(10-18(17)27-2)11-21-19(22)12-28-20(23)16-7-4-14(5-8-16)13-29(3,24)25/h4-10H,11-13H2,1-3H3,(H,21,22). The van der Waals surface area contributed by atoms with E-state index in [1.807, 2.05) is 0 Å². The molecule has 0 unspecified atom stereocenters. The maximum atomic E-state index is 12.0. The van der Waals surface area contributed by atoms with Crippen LogP contribution in [0.4, 0.5) is 0 Å². The number of rotatable bonds is 9. The average Bonchev–Trinajstić information content (AvgIpc) is 2.69. The summed E-state index contributed by atoms with van der Waals surface area (Å²) >= 11 is 0. The van der Waals surface area contributed by atoms with Gasteiger partial charge in [-0.05, 0) is 35.4 Å². The number of carbonyl (C=O) groups excluding carboxylic acids is 2. The lowest BCUT2D eigenvalue weighted by molar-refractivity contribution is -0.124. The molecule has 0 aliphatic heterocycles. The minimum atomic E-state index is -3.15. The van der Waals surface area contributed by atoms with E-state index in [1.165, 1.54) is 38.5 Å². The molecule has 2 aromatic carbocycles. The highest BCUT2D eigenvalue weighted by Gasteiger charge is 2.12. The molecule has 0 heterocycles. The maximum Gasteiger partial charge on any atom is 0.338 e. The molecule has 0 aliphatic rings. The Morgan fingerprint density at radius 2 is 1.55 bits per heavy atom. The summed E-state index contributed by atoms with van der Waals surface area (Å²) in [5.41, 5.74) is 1.59. The van der Waals surface area contributed by atoms with Crippen molar-refractivity contribution in [3.05, 3.63) is 59.2 Å². The van der Waals surface area contributed by atoms with Crippen LogP contribution < -0.4 is 14.8 Å². The van der Waals surface area contributed by atoms with Gasteiger partial charge in [-0.15, -0.1) is 0 Å². The molecule has 0 saturated heterocycles. The van der Waals surface area contributed by atoms with E-state index < -0.39 is 28.3 Å². The number of esters is 1. The molecule has 0 aromatic heterocycles. The van der Waals surface area contributed by atoms with Crippen LogP contribution in [0.25, 0.3) is 0 Å². The number of benzene rings is 2. The van der Waals surface area contributed by atoms with Crippen LogP contribution in [0.1, 0.15) is 21.5 Å². The van der Waals surface area contributed by atoms with Gasteiger partial charge in [0.2, 0.25) is 0 Å². The van der Waals surface area contributed by atoms with E-state index in [2.05, 4.69) is 5.32 Å². The predicted octanol–water partition coefficient (Wildman–Crippen LogP) is 1.72. The van der Waals surface area contributed by atoms with Gasteiger partial charge < -0.3 is 19.5 Å². The summed E-state index contributed by atoms with van der Waals surface area (Å²) in [6.45, 7) is -0.200. The minimum Gasteiger partial charge on any atom is -0.493 e. The number of methoxy groups -OCH3 is 2. The van der Waals surface area contributed by atoms with Crippen LogP contribution in [-0.4, -0.2) is 47.4 Å². The van der Waals surface area contributed by atoms with Gasteiger partial charge in [-0.25, -0.2) is 13.2 Å². The van der Waals surface area contributed by atoms with E-state index in [0.717, 1.165) is 11.8 Å². The van der Waals surface area contributed by atoms with Gasteiger partial charge in [-0.3, -0.25) is 4.79 Å². The third kappa shape index (κ3) is 7.11. The molecule has 0 radical (unpaired) electrons. The molecule has 0 fully saturated rings. The Kier molecular flexibility index (Phi) is 7.60. The zero-order valence-corrected chi connectivity index (χ0v) is 17.2. The van der Waals surface area contributed by atoms with Crippen molar-refractivity contribution in [2.75, 3.05) is 27.1 Å². The van der Waals surface area contributed by atoms with Crippen molar-refractivity contribution < 1.29 is 32.2 Å². The lowest BCUT2D eigenvalue weighted by Crippen LogP contribution is -2.28. The lowest BCUT2D eigenvalue weighted by Gasteiger charge is -2.10. The molecule has 1 amide bonds. The third-order valence-electron chi connectivity index (χ3n) is 3.89. The van der Waals surface area contributed by atoms with Crippen LogP contribution in [0.15, 0.2) is 42.5 Å². The fourth-order valence-electron chi connectivity index (χ4n) is 2.50. The first-order chi connectivity index (χ1) is 13.7. The second-order valence-corrected chi connectivity index (χ2v) is 8.45. The molecule has 156 valence electrons. The summed E-state index contributed by atoms with van der Waals surface area (Å²) < 4.78 is 37.9. The zero-order chi connectivity index (χ0) is 21.4. The van der Waals surface area contributed by atoms with Crippen LogP contribution in [0, 0.1) is 0 Å². The smallest absolute Gasteiger partial charge is 0.338 e. The van der Waals surface area contributed by atoms with E-state index >= 15 is 0 Å². The normalized spacial score (nSPS) is 10.9. The highest BCUT2D eigenvalue weighted by atomic mass is 32.2. The number of amides is 1. The van der Waals surface area contributed by atoms with Crippen LogP contribution >= 0.6 is 0 Å². The average molecular weight is 421 g/mol. The molecule has 2 aromatic rings. The SMILES string of the molecule is COc1ccc(CNC(=O)COC(=O)c2ccc(CS(C)(=O)=O)cc2)cc1OC. The van der Waals surface area contributed by atoms with Crippen molar-refractivity contribution in [1.82, 2.24) is 5.32 Å². The van der Waals surface area contributed by atoms with Crippen LogP contribution in [0.5, 0.6) is 11.5 Å². The van der Waals surface area contributed by atoms with E-state index in [-0.39, 0.29) is 17.9 Å². The van der Waals surface area contributed by atoms with Gasteiger partial charge in [0.25, 0.3) is 5.91 Å². The highest BCUT2D eigenvalue weighted by molar-refractivity contribution is 7.89. The fraction of sp³-hybridized carbons (Fsp3) is 0.300. The Hall–Kier alpha value is -3.07. The van der Waals surface area contributed by atoms with Gasteiger partial charge in [-0.2, -0.15) is 0 Å². The van der Waals surface area contributed by atoms with E-state index in [9.17, 15) is 18.0 Å². The van der Waals surface area contributed by atoms with Crippen LogP contribution in [0.3, 0.4) is 0 Å². The number of nitrogens with one attached hydrogen (secondary N) is 1. The second kappa shape index (κ2) is 9.92. The molecular formula is C20H23NO7S. The molecule has 0 aliphatic carbocycles. The second-order valence-electron chi connectivity index (χ2n) is 6.31. The van der Waals surface area contributed by atoms with Crippen molar-refractivity contribution >= 4 is 21.7 Å².